The zero-order valence-electron chi connectivity index (χ0n) is 6.74. The van der Waals surface area contributed by atoms with Crippen LogP contribution >= 0.6 is 0 Å². The molecule has 0 atom stereocenters. The maximum atomic E-state index is 2.62. The van der Waals surface area contributed by atoms with Crippen LogP contribution in [0, 0.1) is 0 Å². The summed E-state index contributed by atoms with van der Waals surface area (Å²) in [6, 6.07) is 0. The molecule has 0 aromatic rings. The second-order valence-corrected chi connectivity index (χ2v) is 14.9. The van der Waals surface area contributed by atoms with Crippen molar-refractivity contribution in [3.63, 3.8) is 0 Å². The van der Waals surface area contributed by atoms with E-state index in [0.29, 0.717) is 0 Å². The Morgan fingerprint density at radius 2 is 1.67 bits per heavy atom. The first kappa shape index (κ1) is 7.65. The summed E-state index contributed by atoms with van der Waals surface area (Å²) in [7, 11) is 0. The predicted octanol–water partition coefficient (Wildman–Crippen LogP) is 3.27. The van der Waals surface area contributed by atoms with Crippen LogP contribution in [0.15, 0.2) is 0 Å². The Bertz CT molecular complexity index is 82.6. The molecule has 1 saturated heterocycles. The molecule has 0 spiro atoms. The van der Waals surface area contributed by atoms with Gasteiger partial charge in [-0.15, -0.1) is 0 Å². The average molecular weight is 187 g/mol. The van der Waals surface area contributed by atoms with Crippen molar-refractivity contribution < 1.29 is 0 Å². The van der Waals surface area contributed by atoms with Gasteiger partial charge in [0.1, 0.15) is 0 Å². The van der Waals surface area contributed by atoms with Crippen LogP contribution in [-0.2, 0) is 0 Å². The van der Waals surface area contributed by atoms with E-state index >= 15 is 0 Å². The van der Waals surface area contributed by atoms with E-state index in [9.17, 15) is 0 Å². The molecule has 9 heavy (non-hydrogen) atoms. The number of hydrogen-bond acceptors (Lipinski definition) is 0. The average Bonchev–Trinajstić information content (AvgIpc) is 1.90. The summed E-state index contributed by atoms with van der Waals surface area (Å²) in [6.07, 6.45) is 4.65. The quantitative estimate of drug-likeness (QED) is 0.552. The van der Waals surface area contributed by atoms with Gasteiger partial charge in [0.15, 0.2) is 0 Å². The van der Waals surface area contributed by atoms with Gasteiger partial charge in [-0.2, -0.15) is 0 Å². The Balaban J connectivity index is 2.37. The SMILES string of the molecule is C[CH2][Ge]1([CH3])[CH2]CCC[CH2]1. The Hall–Kier alpha value is 0.543. The third-order valence-electron chi connectivity index (χ3n) is 2.91. The van der Waals surface area contributed by atoms with Crippen molar-refractivity contribution in [2.75, 3.05) is 0 Å². The van der Waals surface area contributed by atoms with Gasteiger partial charge in [0, 0.05) is 0 Å². The first-order valence-electron chi connectivity index (χ1n) is 4.27. The molecule has 0 saturated carbocycles. The van der Waals surface area contributed by atoms with Crippen molar-refractivity contribution >= 4 is 13.3 Å². The van der Waals surface area contributed by atoms with Gasteiger partial charge in [-0.25, -0.2) is 0 Å². The summed E-state index contributed by atoms with van der Waals surface area (Å²) in [4.78, 5) is 0. The summed E-state index contributed by atoms with van der Waals surface area (Å²) in [5, 5.41) is 4.90. The zero-order chi connectivity index (χ0) is 6.74. The van der Waals surface area contributed by atoms with Gasteiger partial charge >= 0.3 is 61.0 Å². The van der Waals surface area contributed by atoms with Crippen molar-refractivity contribution in [2.24, 2.45) is 0 Å². The Kier molecular flexibility index (Phi) is 2.63. The van der Waals surface area contributed by atoms with Crippen LogP contribution in [0.4, 0.5) is 0 Å². The van der Waals surface area contributed by atoms with Crippen LogP contribution in [0.25, 0.3) is 0 Å². The minimum atomic E-state index is -1.08. The van der Waals surface area contributed by atoms with E-state index in [0.717, 1.165) is 0 Å². The molecule has 0 bridgehead atoms. The molecular formula is C8H18Ge. The van der Waals surface area contributed by atoms with Crippen LogP contribution in [-0.4, -0.2) is 13.3 Å². The maximum absolute atomic E-state index is 2.62. The van der Waals surface area contributed by atoms with E-state index in [4.69, 9.17) is 0 Å². The van der Waals surface area contributed by atoms with E-state index in [1.54, 1.807) is 28.6 Å². The molecule has 0 aromatic carbocycles. The van der Waals surface area contributed by atoms with Gasteiger partial charge < -0.3 is 0 Å². The minimum absolute atomic E-state index is 1.08. The van der Waals surface area contributed by atoms with E-state index in [1.165, 1.54) is 6.42 Å². The molecule has 1 rings (SSSR count). The molecule has 1 heteroatoms. The summed E-state index contributed by atoms with van der Waals surface area (Å²) >= 11 is -1.08. The molecule has 1 fully saturated rings. The third-order valence-corrected chi connectivity index (χ3v) is 13.0. The van der Waals surface area contributed by atoms with Crippen LogP contribution < -0.4 is 0 Å². The molecule has 0 aromatic heterocycles. The Morgan fingerprint density at radius 3 is 2.00 bits per heavy atom. The molecular weight excluding hydrogens is 169 g/mol. The van der Waals surface area contributed by atoms with Gasteiger partial charge in [-0.3, -0.25) is 0 Å². The first-order chi connectivity index (χ1) is 4.27. The molecule has 0 amide bonds. The molecule has 0 aliphatic carbocycles. The summed E-state index contributed by atoms with van der Waals surface area (Å²) < 4.78 is 0. The standard InChI is InChI=1S/C8H18Ge/c1-3-9(2)7-5-4-6-8-9/h3-8H2,1-2H3. The zero-order valence-corrected chi connectivity index (χ0v) is 8.84. The Labute approximate surface area is 61.4 Å². The topological polar surface area (TPSA) is 0 Å². The fourth-order valence-electron chi connectivity index (χ4n) is 1.76. The summed E-state index contributed by atoms with van der Waals surface area (Å²) in [6.45, 7) is 2.41. The molecule has 0 N–H and O–H groups in total. The molecule has 1 aliphatic rings. The molecule has 1 aliphatic heterocycles. The summed E-state index contributed by atoms with van der Waals surface area (Å²) in [5.74, 6) is 2.62. The first-order valence-corrected chi connectivity index (χ1v) is 10.8. The molecule has 0 nitrogen and oxygen atoms in total. The monoisotopic (exact) mass is 188 g/mol. The van der Waals surface area contributed by atoms with Crippen LogP contribution in [0.5, 0.6) is 0 Å². The van der Waals surface area contributed by atoms with Crippen molar-refractivity contribution in [3.05, 3.63) is 0 Å². The molecule has 0 radical (unpaired) electrons. The van der Waals surface area contributed by atoms with Gasteiger partial charge in [-0.05, 0) is 0 Å². The molecule has 1 heterocycles. The van der Waals surface area contributed by atoms with Crippen molar-refractivity contribution in [1.29, 1.82) is 0 Å². The normalized spacial score (nSPS) is 26.0. The van der Waals surface area contributed by atoms with Gasteiger partial charge in [0.25, 0.3) is 0 Å². The summed E-state index contributed by atoms with van der Waals surface area (Å²) in [5.41, 5.74) is 0. The van der Waals surface area contributed by atoms with Crippen molar-refractivity contribution in [3.8, 4) is 0 Å². The van der Waals surface area contributed by atoms with E-state index in [-0.39, 0.29) is 0 Å². The van der Waals surface area contributed by atoms with Crippen LogP contribution in [0.1, 0.15) is 26.2 Å². The van der Waals surface area contributed by atoms with Crippen molar-refractivity contribution in [2.45, 2.75) is 47.7 Å². The Morgan fingerprint density at radius 1 is 1.11 bits per heavy atom. The van der Waals surface area contributed by atoms with E-state index in [1.807, 2.05) is 0 Å². The fraction of sp³-hybridized carbons (Fsp3) is 1.00. The van der Waals surface area contributed by atoms with E-state index in [2.05, 4.69) is 12.7 Å². The predicted molar refractivity (Wildman–Crippen MR) is 45.6 cm³/mol. The van der Waals surface area contributed by atoms with E-state index < -0.39 is 13.3 Å². The van der Waals surface area contributed by atoms with Crippen LogP contribution in [0.3, 0.4) is 0 Å². The van der Waals surface area contributed by atoms with Gasteiger partial charge in [0.2, 0.25) is 0 Å². The molecule has 0 unspecified atom stereocenters. The van der Waals surface area contributed by atoms with Gasteiger partial charge in [0.05, 0.1) is 0 Å². The second-order valence-electron chi connectivity index (χ2n) is 3.72. The fourth-order valence-corrected chi connectivity index (χ4v) is 8.40. The number of rotatable bonds is 1. The third kappa shape index (κ3) is 1.99. The second kappa shape index (κ2) is 3.09. The van der Waals surface area contributed by atoms with Crippen LogP contribution in [0.2, 0.25) is 21.5 Å². The van der Waals surface area contributed by atoms with Crippen molar-refractivity contribution in [1.82, 2.24) is 0 Å². The number of hydrogen-bond donors (Lipinski definition) is 0. The molecule has 54 valence electrons. The van der Waals surface area contributed by atoms with Gasteiger partial charge in [-0.1, -0.05) is 0 Å².